The lowest BCUT2D eigenvalue weighted by Gasteiger charge is -2.15. The van der Waals surface area contributed by atoms with Crippen LogP contribution in [0.4, 0.5) is 0 Å². The molecule has 26 heavy (non-hydrogen) atoms. The van der Waals surface area contributed by atoms with Crippen LogP contribution in [0.1, 0.15) is 22.8 Å². The van der Waals surface area contributed by atoms with Gasteiger partial charge in [0.2, 0.25) is 0 Å². The van der Waals surface area contributed by atoms with Crippen LogP contribution >= 0.6 is 0 Å². The number of para-hydroxylation sites is 2. The van der Waals surface area contributed by atoms with Gasteiger partial charge in [-0.1, -0.05) is 24.3 Å². The van der Waals surface area contributed by atoms with Gasteiger partial charge in [0.15, 0.2) is 17.6 Å². The van der Waals surface area contributed by atoms with Gasteiger partial charge < -0.3 is 24.6 Å². The lowest BCUT2D eigenvalue weighted by molar-refractivity contribution is -0.129. The first-order valence-electron chi connectivity index (χ1n) is 7.94. The van der Waals surface area contributed by atoms with E-state index in [0.717, 1.165) is 5.56 Å². The Morgan fingerprint density at radius 1 is 1.04 bits per heavy atom. The fraction of sp³-hybridized carbons (Fsp3) is 0.263. The van der Waals surface area contributed by atoms with Crippen molar-refractivity contribution in [3.05, 3.63) is 53.6 Å². The number of hydrogen-bond acceptors (Lipinski definition) is 6. The minimum absolute atomic E-state index is 0.0753. The SMILES string of the molecule is COc1ccccc1CNC(=O)C(C)OC(=O)c1cccc(OC)c1O. The van der Waals surface area contributed by atoms with Gasteiger partial charge in [-0.2, -0.15) is 0 Å². The van der Waals surface area contributed by atoms with Crippen LogP contribution in [0.2, 0.25) is 0 Å². The molecule has 0 radical (unpaired) electrons. The molecule has 2 aromatic carbocycles. The van der Waals surface area contributed by atoms with E-state index in [1.165, 1.54) is 26.2 Å². The zero-order chi connectivity index (χ0) is 19.1. The van der Waals surface area contributed by atoms with Crippen molar-refractivity contribution in [2.24, 2.45) is 0 Å². The molecule has 0 aliphatic heterocycles. The standard InChI is InChI=1S/C19H21NO6/c1-12(18(22)20-11-13-7-4-5-9-15(13)24-2)26-19(23)14-8-6-10-16(25-3)17(14)21/h4-10,12,21H,11H2,1-3H3,(H,20,22). The Morgan fingerprint density at radius 3 is 2.38 bits per heavy atom. The number of rotatable bonds is 7. The van der Waals surface area contributed by atoms with Gasteiger partial charge in [0.05, 0.1) is 14.2 Å². The number of esters is 1. The van der Waals surface area contributed by atoms with Crippen LogP contribution in [0, 0.1) is 0 Å². The quantitative estimate of drug-likeness (QED) is 0.737. The number of carbonyl (C=O) groups excluding carboxylic acids is 2. The monoisotopic (exact) mass is 359 g/mol. The Morgan fingerprint density at radius 2 is 1.69 bits per heavy atom. The molecule has 0 bridgehead atoms. The van der Waals surface area contributed by atoms with E-state index in [9.17, 15) is 14.7 Å². The van der Waals surface area contributed by atoms with Crippen molar-refractivity contribution >= 4 is 11.9 Å². The molecule has 0 aromatic heterocycles. The number of ether oxygens (including phenoxy) is 3. The summed E-state index contributed by atoms with van der Waals surface area (Å²) >= 11 is 0. The molecule has 2 rings (SSSR count). The van der Waals surface area contributed by atoms with E-state index in [-0.39, 0.29) is 23.6 Å². The number of aromatic hydroxyl groups is 1. The second-order valence-electron chi connectivity index (χ2n) is 5.43. The molecule has 1 amide bonds. The van der Waals surface area contributed by atoms with Crippen LogP contribution in [0.5, 0.6) is 17.2 Å². The van der Waals surface area contributed by atoms with Crippen LogP contribution < -0.4 is 14.8 Å². The Bertz CT molecular complexity index is 789. The summed E-state index contributed by atoms with van der Waals surface area (Å²) in [5, 5.41) is 12.7. The molecule has 0 aliphatic rings. The van der Waals surface area contributed by atoms with E-state index in [0.29, 0.717) is 5.75 Å². The normalized spacial score (nSPS) is 11.3. The van der Waals surface area contributed by atoms with E-state index < -0.39 is 18.0 Å². The third kappa shape index (κ3) is 4.44. The number of carbonyl (C=O) groups is 2. The number of phenols is 1. The van der Waals surface area contributed by atoms with Crippen molar-refractivity contribution in [3.8, 4) is 17.2 Å². The summed E-state index contributed by atoms with van der Waals surface area (Å²) in [6.07, 6.45) is -1.04. The Kier molecular flexibility index (Phi) is 6.43. The first kappa shape index (κ1) is 19.1. The van der Waals surface area contributed by atoms with Crippen LogP contribution in [0.25, 0.3) is 0 Å². The molecule has 7 nitrogen and oxygen atoms in total. The molecule has 1 unspecified atom stereocenters. The maximum absolute atomic E-state index is 12.2. The van der Waals surface area contributed by atoms with Crippen LogP contribution in [-0.4, -0.2) is 37.3 Å². The molecule has 0 aliphatic carbocycles. The zero-order valence-electron chi connectivity index (χ0n) is 14.8. The van der Waals surface area contributed by atoms with E-state index in [1.54, 1.807) is 19.2 Å². The van der Waals surface area contributed by atoms with Crippen molar-refractivity contribution in [1.29, 1.82) is 0 Å². The Hall–Kier alpha value is -3.22. The molecular weight excluding hydrogens is 338 g/mol. The molecule has 7 heteroatoms. The Balaban J connectivity index is 1.97. The number of nitrogens with one attached hydrogen (secondary N) is 1. The Labute approximate surface area is 151 Å². The average Bonchev–Trinajstić information content (AvgIpc) is 2.66. The number of phenolic OH excluding ortho intramolecular Hbond substituents is 1. The van der Waals surface area contributed by atoms with Crippen molar-refractivity contribution in [3.63, 3.8) is 0 Å². The second-order valence-corrected chi connectivity index (χ2v) is 5.43. The van der Waals surface area contributed by atoms with Gasteiger partial charge >= 0.3 is 5.97 Å². The topological polar surface area (TPSA) is 94.1 Å². The highest BCUT2D eigenvalue weighted by atomic mass is 16.5. The maximum atomic E-state index is 12.2. The van der Waals surface area contributed by atoms with E-state index >= 15 is 0 Å². The summed E-state index contributed by atoms with van der Waals surface area (Å²) in [6.45, 7) is 1.68. The van der Waals surface area contributed by atoms with Crippen molar-refractivity contribution < 1.29 is 28.9 Å². The predicted octanol–water partition coefficient (Wildman–Crippen LogP) is 2.27. The van der Waals surface area contributed by atoms with Gasteiger partial charge in [-0.05, 0) is 25.1 Å². The second kappa shape index (κ2) is 8.75. The van der Waals surface area contributed by atoms with Gasteiger partial charge in [0.25, 0.3) is 5.91 Å². The lowest BCUT2D eigenvalue weighted by Crippen LogP contribution is -2.35. The highest BCUT2D eigenvalue weighted by Crippen LogP contribution is 2.30. The zero-order valence-corrected chi connectivity index (χ0v) is 14.8. The van der Waals surface area contributed by atoms with Crippen LogP contribution in [0.3, 0.4) is 0 Å². The molecule has 0 saturated carbocycles. The predicted molar refractivity (Wildman–Crippen MR) is 94.4 cm³/mol. The molecule has 0 spiro atoms. The largest absolute Gasteiger partial charge is 0.504 e. The first-order valence-corrected chi connectivity index (χ1v) is 7.94. The van der Waals surface area contributed by atoms with Gasteiger partial charge in [-0.3, -0.25) is 4.79 Å². The summed E-state index contributed by atoms with van der Waals surface area (Å²) in [5.41, 5.74) is 0.723. The minimum atomic E-state index is -1.04. The molecule has 138 valence electrons. The van der Waals surface area contributed by atoms with Crippen molar-refractivity contribution in [2.45, 2.75) is 19.6 Å². The molecule has 0 heterocycles. The summed E-state index contributed by atoms with van der Waals surface area (Å²) in [6, 6.07) is 11.7. The number of hydrogen-bond donors (Lipinski definition) is 2. The van der Waals surface area contributed by atoms with E-state index in [4.69, 9.17) is 14.2 Å². The van der Waals surface area contributed by atoms with E-state index in [2.05, 4.69) is 5.32 Å². The summed E-state index contributed by atoms with van der Waals surface area (Å²) in [4.78, 5) is 24.4. The highest BCUT2D eigenvalue weighted by molar-refractivity contribution is 5.95. The van der Waals surface area contributed by atoms with Crippen molar-refractivity contribution in [2.75, 3.05) is 14.2 Å². The first-order chi connectivity index (χ1) is 12.5. The molecule has 2 aromatic rings. The highest BCUT2D eigenvalue weighted by Gasteiger charge is 2.22. The lowest BCUT2D eigenvalue weighted by atomic mass is 10.2. The molecule has 1 atom stereocenters. The summed E-state index contributed by atoms with van der Waals surface area (Å²) in [7, 11) is 2.92. The molecule has 2 N–H and O–H groups in total. The number of methoxy groups -OCH3 is 2. The van der Waals surface area contributed by atoms with Crippen molar-refractivity contribution in [1.82, 2.24) is 5.32 Å². The third-order valence-corrected chi connectivity index (χ3v) is 3.74. The smallest absolute Gasteiger partial charge is 0.342 e. The third-order valence-electron chi connectivity index (χ3n) is 3.74. The summed E-state index contributed by atoms with van der Waals surface area (Å²) in [5.74, 6) is -0.818. The fourth-order valence-corrected chi connectivity index (χ4v) is 2.30. The van der Waals surface area contributed by atoms with Gasteiger partial charge in [-0.15, -0.1) is 0 Å². The summed E-state index contributed by atoms with van der Waals surface area (Å²) < 4.78 is 15.3. The number of benzene rings is 2. The fourth-order valence-electron chi connectivity index (χ4n) is 2.30. The van der Waals surface area contributed by atoms with E-state index in [1.807, 2.05) is 18.2 Å². The van der Waals surface area contributed by atoms with Crippen LogP contribution in [-0.2, 0) is 16.1 Å². The van der Waals surface area contributed by atoms with Gasteiger partial charge in [-0.25, -0.2) is 4.79 Å². The molecule has 0 saturated heterocycles. The minimum Gasteiger partial charge on any atom is -0.504 e. The number of amides is 1. The van der Waals surface area contributed by atoms with Crippen LogP contribution in [0.15, 0.2) is 42.5 Å². The van der Waals surface area contributed by atoms with Gasteiger partial charge in [0, 0.05) is 12.1 Å². The maximum Gasteiger partial charge on any atom is 0.342 e. The average molecular weight is 359 g/mol. The molecule has 0 fully saturated rings. The van der Waals surface area contributed by atoms with Gasteiger partial charge in [0.1, 0.15) is 11.3 Å². The molecular formula is C19H21NO6.